The van der Waals surface area contributed by atoms with Gasteiger partial charge in [0.2, 0.25) is 0 Å². The van der Waals surface area contributed by atoms with E-state index in [1.807, 2.05) is 6.92 Å². The van der Waals surface area contributed by atoms with E-state index in [0.717, 1.165) is 12.8 Å². The molecule has 94 valence electrons. The van der Waals surface area contributed by atoms with Crippen LogP contribution in [0.3, 0.4) is 0 Å². The lowest BCUT2D eigenvalue weighted by molar-refractivity contribution is -0.241. The van der Waals surface area contributed by atoms with Gasteiger partial charge in [0, 0.05) is 12.5 Å². The van der Waals surface area contributed by atoms with Crippen molar-refractivity contribution in [2.75, 3.05) is 0 Å². The zero-order chi connectivity index (χ0) is 11.5. The van der Waals surface area contributed by atoms with Crippen LogP contribution in [0.15, 0.2) is 0 Å². The number of ether oxygens (including phenoxy) is 2. The minimum absolute atomic E-state index is 0.225. The highest BCUT2D eigenvalue weighted by atomic mass is 16.7. The van der Waals surface area contributed by atoms with Crippen LogP contribution in [0, 0.1) is 0 Å². The second-order valence-electron chi connectivity index (χ2n) is 5.06. The Bertz CT molecular complexity index is 206. The summed E-state index contributed by atoms with van der Waals surface area (Å²) in [7, 11) is 0. The smallest absolute Gasteiger partial charge is 0.160 e. The van der Waals surface area contributed by atoms with Crippen LogP contribution >= 0.6 is 0 Å². The van der Waals surface area contributed by atoms with Gasteiger partial charge in [-0.2, -0.15) is 0 Å². The molecule has 0 aromatic rings. The summed E-state index contributed by atoms with van der Waals surface area (Å²) in [5.41, 5.74) is 5.85. The average molecular weight is 229 g/mol. The summed E-state index contributed by atoms with van der Waals surface area (Å²) in [6.45, 7) is 1.85. The average Bonchev–Trinajstić information content (AvgIpc) is 2.27. The first kappa shape index (κ1) is 12.3. The highest BCUT2D eigenvalue weighted by Crippen LogP contribution is 2.26. The molecule has 3 N–H and O–H groups in total. The molecule has 1 heterocycles. The van der Waals surface area contributed by atoms with Crippen molar-refractivity contribution < 1.29 is 14.6 Å². The molecule has 1 saturated heterocycles. The van der Waals surface area contributed by atoms with Crippen molar-refractivity contribution in [3.05, 3.63) is 0 Å². The van der Waals surface area contributed by atoms with Crippen molar-refractivity contribution >= 4 is 0 Å². The Labute approximate surface area is 97.1 Å². The Morgan fingerprint density at radius 2 is 1.94 bits per heavy atom. The predicted molar refractivity (Wildman–Crippen MR) is 60.9 cm³/mol. The second kappa shape index (κ2) is 5.45. The zero-order valence-corrected chi connectivity index (χ0v) is 9.97. The van der Waals surface area contributed by atoms with Crippen molar-refractivity contribution in [1.29, 1.82) is 0 Å². The lowest BCUT2D eigenvalue weighted by atomic mass is 9.97. The summed E-state index contributed by atoms with van der Waals surface area (Å²) in [6.07, 6.45) is 6.00. The maximum atomic E-state index is 9.66. The van der Waals surface area contributed by atoms with Crippen LogP contribution in [0.4, 0.5) is 0 Å². The molecule has 1 saturated carbocycles. The molecule has 4 nitrogen and oxygen atoms in total. The zero-order valence-electron chi connectivity index (χ0n) is 9.97. The summed E-state index contributed by atoms with van der Waals surface area (Å²) in [5, 5.41) is 9.66. The fourth-order valence-electron chi connectivity index (χ4n) is 2.59. The van der Waals surface area contributed by atoms with Crippen molar-refractivity contribution in [1.82, 2.24) is 0 Å². The normalized spacial score (nSPS) is 42.2. The van der Waals surface area contributed by atoms with Crippen LogP contribution in [0.2, 0.25) is 0 Å². The SMILES string of the molecule is C[C@@H]1O[C@@H](OC2CCCCC2)C[C@H](N)[C@@H]1O. The Morgan fingerprint density at radius 1 is 1.25 bits per heavy atom. The van der Waals surface area contributed by atoms with Gasteiger partial charge in [-0.25, -0.2) is 0 Å². The van der Waals surface area contributed by atoms with Crippen LogP contribution in [0.1, 0.15) is 45.4 Å². The molecule has 16 heavy (non-hydrogen) atoms. The quantitative estimate of drug-likeness (QED) is 0.745. The summed E-state index contributed by atoms with van der Waals surface area (Å²) in [6, 6.07) is -0.225. The monoisotopic (exact) mass is 229 g/mol. The molecule has 2 aliphatic rings. The third kappa shape index (κ3) is 2.94. The van der Waals surface area contributed by atoms with Gasteiger partial charge in [0.05, 0.1) is 18.3 Å². The van der Waals surface area contributed by atoms with Gasteiger partial charge in [-0.15, -0.1) is 0 Å². The van der Waals surface area contributed by atoms with Crippen LogP contribution in [-0.4, -0.2) is 35.8 Å². The molecule has 0 aromatic heterocycles. The maximum absolute atomic E-state index is 9.66. The van der Waals surface area contributed by atoms with Gasteiger partial charge in [-0.05, 0) is 19.8 Å². The molecule has 0 radical (unpaired) electrons. The standard InChI is InChI=1S/C12H23NO3/c1-8-12(14)10(13)7-11(15-8)16-9-5-3-2-4-6-9/h8-12,14H,2-7,13H2,1H3/t8-,10-,11-,12+/m0/s1. The van der Waals surface area contributed by atoms with Gasteiger partial charge in [-0.1, -0.05) is 19.3 Å². The van der Waals surface area contributed by atoms with E-state index in [1.165, 1.54) is 19.3 Å². The molecule has 0 aromatic carbocycles. The molecule has 1 aliphatic heterocycles. The number of aliphatic hydroxyl groups excluding tert-OH is 1. The first-order valence-electron chi connectivity index (χ1n) is 6.41. The molecule has 2 fully saturated rings. The van der Waals surface area contributed by atoms with Crippen LogP contribution in [0.25, 0.3) is 0 Å². The summed E-state index contributed by atoms with van der Waals surface area (Å²) in [5.74, 6) is 0. The molecule has 2 rings (SSSR count). The predicted octanol–water partition coefficient (Wildman–Crippen LogP) is 1.16. The Morgan fingerprint density at radius 3 is 2.56 bits per heavy atom. The van der Waals surface area contributed by atoms with E-state index >= 15 is 0 Å². The first-order valence-corrected chi connectivity index (χ1v) is 6.41. The Kier molecular flexibility index (Phi) is 4.19. The number of aliphatic hydroxyl groups is 1. The molecule has 0 unspecified atom stereocenters. The highest BCUT2D eigenvalue weighted by molar-refractivity contribution is 4.83. The molecule has 0 bridgehead atoms. The van der Waals surface area contributed by atoms with E-state index in [1.54, 1.807) is 0 Å². The van der Waals surface area contributed by atoms with Gasteiger partial charge in [0.15, 0.2) is 6.29 Å². The molecular formula is C12H23NO3. The van der Waals surface area contributed by atoms with E-state index in [-0.39, 0.29) is 18.4 Å². The minimum atomic E-state index is -0.564. The van der Waals surface area contributed by atoms with E-state index in [4.69, 9.17) is 15.2 Å². The van der Waals surface area contributed by atoms with Gasteiger partial charge < -0.3 is 20.3 Å². The van der Waals surface area contributed by atoms with Crippen molar-refractivity contribution in [2.45, 2.75) is 76.1 Å². The third-order valence-electron chi connectivity index (χ3n) is 3.65. The molecule has 1 aliphatic carbocycles. The topological polar surface area (TPSA) is 64.7 Å². The fraction of sp³-hybridized carbons (Fsp3) is 1.00. The number of hydrogen-bond acceptors (Lipinski definition) is 4. The fourth-order valence-corrected chi connectivity index (χ4v) is 2.59. The molecule has 0 spiro atoms. The summed E-state index contributed by atoms with van der Waals surface area (Å²) >= 11 is 0. The molecule has 0 amide bonds. The van der Waals surface area contributed by atoms with E-state index in [9.17, 15) is 5.11 Å². The van der Waals surface area contributed by atoms with Crippen LogP contribution in [-0.2, 0) is 9.47 Å². The largest absolute Gasteiger partial charge is 0.389 e. The van der Waals surface area contributed by atoms with Gasteiger partial charge in [-0.3, -0.25) is 0 Å². The maximum Gasteiger partial charge on any atom is 0.160 e. The Balaban J connectivity index is 1.81. The number of nitrogens with two attached hydrogens (primary N) is 1. The number of hydrogen-bond donors (Lipinski definition) is 2. The molecule has 4 atom stereocenters. The van der Waals surface area contributed by atoms with Crippen LogP contribution in [0.5, 0.6) is 0 Å². The third-order valence-corrected chi connectivity index (χ3v) is 3.65. The van der Waals surface area contributed by atoms with Crippen molar-refractivity contribution in [2.24, 2.45) is 5.73 Å². The lowest BCUT2D eigenvalue weighted by Crippen LogP contribution is -2.52. The van der Waals surface area contributed by atoms with Gasteiger partial charge in [0.25, 0.3) is 0 Å². The minimum Gasteiger partial charge on any atom is -0.389 e. The number of rotatable bonds is 2. The summed E-state index contributed by atoms with van der Waals surface area (Å²) < 4.78 is 11.5. The Hall–Kier alpha value is -0.160. The molecule has 4 heteroatoms. The molecular weight excluding hydrogens is 206 g/mol. The lowest BCUT2D eigenvalue weighted by Gasteiger charge is -2.38. The van der Waals surface area contributed by atoms with Crippen molar-refractivity contribution in [3.63, 3.8) is 0 Å². The summed E-state index contributed by atoms with van der Waals surface area (Å²) in [4.78, 5) is 0. The van der Waals surface area contributed by atoms with Gasteiger partial charge in [0.1, 0.15) is 0 Å². The van der Waals surface area contributed by atoms with E-state index < -0.39 is 6.10 Å². The van der Waals surface area contributed by atoms with Crippen molar-refractivity contribution in [3.8, 4) is 0 Å². The second-order valence-corrected chi connectivity index (χ2v) is 5.06. The van der Waals surface area contributed by atoms with Crippen LogP contribution < -0.4 is 5.73 Å². The van der Waals surface area contributed by atoms with E-state index in [2.05, 4.69) is 0 Å². The van der Waals surface area contributed by atoms with Gasteiger partial charge >= 0.3 is 0 Å². The first-order chi connectivity index (χ1) is 7.66. The van der Waals surface area contributed by atoms with E-state index in [0.29, 0.717) is 12.5 Å². The highest BCUT2D eigenvalue weighted by Gasteiger charge is 2.34.